The predicted molar refractivity (Wildman–Crippen MR) is 69.3 cm³/mol. The molecule has 0 amide bonds. The normalized spacial score (nSPS) is 10.5. The fraction of sp³-hybridized carbons (Fsp3) is 0.385. The van der Waals surface area contributed by atoms with Gasteiger partial charge in [0.2, 0.25) is 0 Å². The standard InChI is InChI=1S/C13H18N4O/c1-2-14-9-12-5-3-4-6-13(12)18-8-7-17-11-15-10-16-17/h3-6,10-11,14H,2,7-9H2,1H3. The first-order chi connectivity index (χ1) is 8.90. The van der Waals surface area contributed by atoms with Gasteiger partial charge >= 0.3 is 0 Å². The molecule has 0 unspecified atom stereocenters. The Morgan fingerprint density at radius 1 is 1.33 bits per heavy atom. The van der Waals surface area contributed by atoms with Crippen molar-refractivity contribution in [3.8, 4) is 5.75 Å². The highest BCUT2D eigenvalue weighted by molar-refractivity contribution is 5.33. The Hall–Kier alpha value is -1.88. The molecule has 2 rings (SSSR count). The van der Waals surface area contributed by atoms with E-state index < -0.39 is 0 Å². The van der Waals surface area contributed by atoms with Crippen molar-refractivity contribution in [2.24, 2.45) is 0 Å². The van der Waals surface area contributed by atoms with Crippen LogP contribution in [-0.2, 0) is 13.1 Å². The maximum absolute atomic E-state index is 5.78. The molecule has 1 heterocycles. The molecule has 0 fully saturated rings. The second kappa shape index (κ2) is 6.76. The monoisotopic (exact) mass is 246 g/mol. The molecule has 5 heteroatoms. The molecule has 2 aromatic rings. The SMILES string of the molecule is CCNCc1ccccc1OCCn1cncn1. The van der Waals surface area contributed by atoms with E-state index in [0.29, 0.717) is 13.2 Å². The van der Waals surface area contributed by atoms with Crippen molar-refractivity contribution >= 4 is 0 Å². The molecule has 96 valence electrons. The number of nitrogens with one attached hydrogen (secondary N) is 1. The second-order valence-corrected chi connectivity index (χ2v) is 3.90. The van der Waals surface area contributed by atoms with Crippen LogP contribution >= 0.6 is 0 Å². The Morgan fingerprint density at radius 2 is 2.22 bits per heavy atom. The van der Waals surface area contributed by atoms with Gasteiger partial charge in [-0.1, -0.05) is 25.1 Å². The Morgan fingerprint density at radius 3 is 3.00 bits per heavy atom. The van der Waals surface area contributed by atoms with Gasteiger partial charge in [0.1, 0.15) is 25.0 Å². The first-order valence-electron chi connectivity index (χ1n) is 6.14. The molecule has 1 aromatic carbocycles. The minimum absolute atomic E-state index is 0.590. The van der Waals surface area contributed by atoms with Crippen LogP contribution < -0.4 is 10.1 Å². The number of benzene rings is 1. The number of hydrogen-bond donors (Lipinski definition) is 1. The average molecular weight is 246 g/mol. The molecule has 1 aromatic heterocycles. The van der Waals surface area contributed by atoms with Crippen LogP contribution in [0.1, 0.15) is 12.5 Å². The molecule has 0 atom stereocenters. The summed E-state index contributed by atoms with van der Waals surface area (Å²) in [6, 6.07) is 8.08. The molecule has 0 aliphatic heterocycles. The van der Waals surface area contributed by atoms with Crippen LogP contribution in [0.25, 0.3) is 0 Å². The number of ether oxygens (including phenoxy) is 1. The summed E-state index contributed by atoms with van der Waals surface area (Å²) in [6.07, 6.45) is 3.22. The van der Waals surface area contributed by atoms with Crippen LogP contribution in [0.3, 0.4) is 0 Å². The summed E-state index contributed by atoms with van der Waals surface area (Å²) in [5.41, 5.74) is 1.18. The van der Waals surface area contributed by atoms with Gasteiger partial charge < -0.3 is 10.1 Å². The lowest BCUT2D eigenvalue weighted by atomic mass is 10.2. The van der Waals surface area contributed by atoms with Crippen LogP contribution in [0.2, 0.25) is 0 Å². The highest BCUT2D eigenvalue weighted by Gasteiger charge is 2.02. The molecule has 0 aliphatic carbocycles. The van der Waals surface area contributed by atoms with Crippen molar-refractivity contribution in [1.29, 1.82) is 0 Å². The largest absolute Gasteiger partial charge is 0.491 e. The van der Waals surface area contributed by atoms with Crippen LogP contribution in [0.4, 0.5) is 0 Å². The highest BCUT2D eigenvalue weighted by Crippen LogP contribution is 2.17. The zero-order chi connectivity index (χ0) is 12.6. The van der Waals surface area contributed by atoms with Gasteiger partial charge in [-0.3, -0.25) is 0 Å². The third-order valence-electron chi connectivity index (χ3n) is 2.58. The minimum atomic E-state index is 0.590. The van der Waals surface area contributed by atoms with Gasteiger partial charge in [0.05, 0.1) is 6.54 Å². The molecule has 0 saturated carbocycles. The summed E-state index contributed by atoms with van der Waals surface area (Å²) in [4.78, 5) is 3.89. The zero-order valence-electron chi connectivity index (χ0n) is 10.5. The topological polar surface area (TPSA) is 52.0 Å². The van der Waals surface area contributed by atoms with E-state index >= 15 is 0 Å². The van der Waals surface area contributed by atoms with Crippen LogP contribution in [-0.4, -0.2) is 27.9 Å². The van der Waals surface area contributed by atoms with E-state index in [1.165, 1.54) is 11.9 Å². The van der Waals surface area contributed by atoms with Gasteiger partial charge in [0, 0.05) is 12.1 Å². The molecular weight excluding hydrogens is 228 g/mol. The lowest BCUT2D eigenvalue weighted by Crippen LogP contribution is -2.14. The molecule has 0 radical (unpaired) electrons. The smallest absolute Gasteiger partial charge is 0.137 e. The number of nitrogens with zero attached hydrogens (tertiary/aromatic N) is 3. The quantitative estimate of drug-likeness (QED) is 0.803. The van der Waals surface area contributed by atoms with Crippen molar-refractivity contribution < 1.29 is 4.74 Å². The summed E-state index contributed by atoms with van der Waals surface area (Å²) in [7, 11) is 0. The molecule has 5 nitrogen and oxygen atoms in total. The predicted octanol–water partition coefficient (Wildman–Crippen LogP) is 1.47. The summed E-state index contributed by atoms with van der Waals surface area (Å²) in [5.74, 6) is 0.929. The summed E-state index contributed by atoms with van der Waals surface area (Å²) in [5, 5.41) is 7.33. The molecule has 0 saturated heterocycles. The Labute approximate surface area is 107 Å². The van der Waals surface area contributed by atoms with Crippen LogP contribution in [0, 0.1) is 0 Å². The van der Waals surface area contributed by atoms with Crippen LogP contribution in [0.5, 0.6) is 5.75 Å². The molecule has 0 spiro atoms. The number of para-hydroxylation sites is 1. The Kier molecular flexibility index (Phi) is 4.72. The summed E-state index contributed by atoms with van der Waals surface area (Å²) < 4.78 is 7.54. The van der Waals surface area contributed by atoms with Gasteiger partial charge in [0.25, 0.3) is 0 Å². The van der Waals surface area contributed by atoms with Gasteiger partial charge in [0.15, 0.2) is 0 Å². The summed E-state index contributed by atoms with van der Waals surface area (Å²) in [6.45, 7) is 5.17. The number of hydrogen-bond acceptors (Lipinski definition) is 4. The van der Waals surface area contributed by atoms with E-state index in [-0.39, 0.29) is 0 Å². The van der Waals surface area contributed by atoms with Crippen molar-refractivity contribution in [3.05, 3.63) is 42.5 Å². The van der Waals surface area contributed by atoms with Gasteiger partial charge in [-0.2, -0.15) is 5.10 Å². The van der Waals surface area contributed by atoms with E-state index in [1.807, 2.05) is 18.2 Å². The fourth-order valence-electron chi connectivity index (χ4n) is 1.65. The molecule has 1 N–H and O–H groups in total. The van der Waals surface area contributed by atoms with E-state index in [1.54, 1.807) is 11.0 Å². The molecular formula is C13H18N4O. The van der Waals surface area contributed by atoms with E-state index in [2.05, 4.69) is 28.4 Å². The first-order valence-corrected chi connectivity index (χ1v) is 6.14. The van der Waals surface area contributed by atoms with Gasteiger partial charge in [-0.05, 0) is 12.6 Å². The molecule has 0 aliphatic rings. The zero-order valence-corrected chi connectivity index (χ0v) is 10.5. The second-order valence-electron chi connectivity index (χ2n) is 3.90. The van der Waals surface area contributed by atoms with Crippen molar-refractivity contribution in [1.82, 2.24) is 20.1 Å². The van der Waals surface area contributed by atoms with E-state index in [9.17, 15) is 0 Å². The molecule has 18 heavy (non-hydrogen) atoms. The van der Waals surface area contributed by atoms with Crippen LogP contribution in [0.15, 0.2) is 36.9 Å². The third kappa shape index (κ3) is 3.56. The number of aromatic nitrogens is 3. The Balaban J connectivity index is 1.87. The van der Waals surface area contributed by atoms with Crippen molar-refractivity contribution in [3.63, 3.8) is 0 Å². The van der Waals surface area contributed by atoms with E-state index in [0.717, 1.165) is 18.8 Å². The van der Waals surface area contributed by atoms with E-state index in [4.69, 9.17) is 4.74 Å². The van der Waals surface area contributed by atoms with Crippen molar-refractivity contribution in [2.75, 3.05) is 13.2 Å². The lowest BCUT2D eigenvalue weighted by Gasteiger charge is -2.11. The highest BCUT2D eigenvalue weighted by atomic mass is 16.5. The summed E-state index contributed by atoms with van der Waals surface area (Å²) >= 11 is 0. The maximum atomic E-state index is 5.78. The molecule has 0 bridgehead atoms. The number of rotatable bonds is 7. The third-order valence-corrected chi connectivity index (χ3v) is 2.58. The minimum Gasteiger partial charge on any atom is -0.491 e. The van der Waals surface area contributed by atoms with Gasteiger partial charge in [-0.25, -0.2) is 9.67 Å². The average Bonchev–Trinajstić information content (AvgIpc) is 2.91. The first kappa shape index (κ1) is 12.6. The fourth-order valence-corrected chi connectivity index (χ4v) is 1.65. The lowest BCUT2D eigenvalue weighted by molar-refractivity contribution is 0.288. The van der Waals surface area contributed by atoms with Gasteiger partial charge in [-0.15, -0.1) is 0 Å². The maximum Gasteiger partial charge on any atom is 0.137 e. The van der Waals surface area contributed by atoms with Crippen molar-refractivity contribution in [2.45, 2.75) is 20.0 Å². The Bertz CT molecular complexity index is 456.